The number of hydrogen-bond donors (Lipinski definition) is 2. The Bertz CT molecular complexity index is 934. The van der Waals surface area contributed by atoms with E-state index in [-0.39, 0.29) is 35.6 Å². The summed E-state index contributed by atoms with van der Waals surface area (Å²) in [7, 11) is 1.65. The molecule has 3 rings (SSSR count). The molecule has 29 heavy (non-hydrogen) atoms. The largest absolute Gasteiger partial charge is 0.439 e. The van der Waals surface area contributed by atoms with Gasteiger partial charge in [0.1, 0.15) is 17.4 Å². The lowest BCUT2D eigenvalue weighted by atomic mass is 10.2. The molecule has 0 unspecified atom stereocenters. The number of benzene rings is 2. The number of aromatic nitrogens is 1. The van der Waals surface area contributed by atoms with Gasteiger partial charge in [-0.2, -0.15) is 0 Å². The van der Waals surface area contributed by atoms with E-state index in [9.17, 15) is 8.78 Å². The maximum Gasteiger partial charge on any atom is 0.219 e. The van der Waals surface area contributed by atoms with E-state index in [1.54, 1.807) is 37.5 Å². The molecule has 1 aromatic heterocycles. The molecule has 0 atom stereocenters. The van der Waals surface area contributed by atoms with Crippen molar-refractivity contribution in [2.45, 2.75) is 13.1 Å². The van der Waals surface area contributed by atoms with E-state index in [0.717, 1.165) is 5.56 Å². The van der Waals surface area contributed by atoms with Crippen LogP contribution in [0.15, 0.2) is 71.9 Å². The van der Waals surface area contributed by atoms with Crippen molar-refractivity contribution in [3.05, 3.63) is 89.6 Å². The Kier molecular flexibility index (Phi) is 8.78. The fourth-order valence-corrected chi connectivity index (χ4v) is 2.43. The third kappa shape index (κ3) is 6.97. The van der Waals surface area contributed by atoms with Crippen LogP contribution in [-0.2, 0) is 13.1 Å². The Hall–Kier alpha value is -2.75. The number of aliphatic imine (C=N–C) groups is 1. The van der Waals surface area contributed by atoms with Crippen LogP contribution in [0.3, 0.4) is 0 Å². The van der Waals surface area contributed by atoms with Crippen LogP contribution in [0.5, 0.6) is 11.6 Å². The summed E-state index contributed by atoms with van der Waals surface area (Å²) in [6, 6.07) is 15.9. The van der Waals surface area contributed by atoms with Crippen LogP contribution in [0.1, 0.15) is 11.1 Å². The standard InChI is InChI=1S/C21H20F2N4O.HI/c1-24-21(27-14-16-4-2-3-5-19(16)23)26-13-15-6-11-20(25-12-15)28-18-9-7-17(22)8-10-18;/h2-12H,13-14H2,1H3,(H2,24,26,27);1H. The number of nitrogens with one attached hydrogen (secondary N) is 2. The highest BCUT2D eigenvalue weighted by Gasteiger charge is 2.04. The van der Waals surface area contributed by atoms with E-state index >= 15 is 0 Å². The highest BCUT2D eigenvalue weighted by molar-refractivity contribution is 14.0. The quantitative estimate of drug-likeness (QED) is 0.289. The van der Waals surface area contributed by atoms with Gasteiger partial charge in [-0.3, -0.25) is 4.99 Å². The molecular formula is C21H21F2IN4O. The van der Waals surface area contributed by atoms with Gasteiger partial charge in [-0.25, -0.2) is 13.8 Å². The molecule has 0 spiro atoms. The summed E-state index contributed by atoms with van der Waals surface area (Å²) in [6.45, 7) is 0.815. The predicted octanol–water partition coefficient (Wildman–Crippen LogP) is 4.64. The van der Waals surface area contributed by atoms with Crippen LogP contribution in [0.25, 0.3) is 0 Å². The van der Waals surface area contributed by atoms with Gasteiger partial charge >= 0.3 is 0 Å². The van der Waals surface area contributed by atoms with Crippen molar-refractivity contribution in [3.8, 4) is 11.6 Å². The minimum Gasteiger partial charge on any atom is -0.439 e. The molecule has 0 aliphatic rings. The molecule has 0 fully saturated rings. The summed E-state index contributed by atoms with van der Waals surface area (Å²) in [6.07, 6.45) is 1.68. The normalized spacial score (nSPS) is 10.8. The summed E-state index contributed by atoms with van der Waals surface area (Å²) in [5.74, 6) is 0.898. The lowest BCUT2D eigenvalue weighted by Gasteiger charge is -2.12. The van der Waals surface area contributed by atoms with Crippen LogP contribution in [0.2, 0.25) is 0 Å². The lowest BCUT2D eigenvalue weighted by Crippen LogP contribution is -2.36. The van der Waals surface area contributed by atoms with E-state index in [4.69, 9.17) is 4.74 Å². The van der Waals surface area contributed by atoms with Gasteiger partial charge in [0.05, 0.1) is 0 Å². The topological polar surface area (TPSA) is 58.5 Å². The number of pyridine rings is 1. The summed E-state index contributed by atoms with van der Waals surface area (Å²) in [5, 5.41) is 6.21. The first-order valence-corrected chi connectivity index (χ1v) is 8.70. The van der Waals surface area contributed by atoms with Crippen molar-refractivity contribution in [3.63, 3.8) is 0 Å². The summed E-state index contributed by atoms with van der Waals surface area (Å²) in [4.78, 5) is 8.36. The second kappa shape index (κ2) is 11.3. The molecule has 152 valence electrons. The number of rotatable bonds is 6. The van der Waals surface area contributed by atoms with Gasteiger partial charge in [0.2, 0.25) is 5.88 Å². The fourth-order valence-electron chi connectivity index (χ4n) is 2.43. The van der Waals surface area contributed by atoms with Crippen molar-refractivity contribution in [2.75, 3.05) is 7.05 Å². The highest BCUT2D eigenvalue weighted by Crippen LogP contribution is 2.19. The van der Waals surface area contributed by atoms with Gasteiger partial charge in [0, 0.05) is 38.0 Å². The van der Waals surface area contributed by atoms with Crippen LogP contribution >= 0.6 is 24.0 Å². The van der Waals surface area contributed by atoms with E-state index in [0.29, 0.717) is 36.2 Å². The summed E-state index contributed by atoms with van der Waals surface area (Å²) < 4.78 is 32.2. The first-order chi connectivity index (χ1) is 13.6. The molecule has 2 aromatic carbocycles. The van der Waals surface area contributed by atoms with E-state index < -0.39 is 0 Å². The van der Waals surface area contributed by atoms with E-state index in [2.05, 4.69) is 20.6 Å². The number of ether oxygens (including phenoxy) is 1. The molecule has 0 amide bonds. The smallest absolute Gasteiger partial charge is 0.219 e. The number of guanidine groups is 1. The molecule has 8 heteroatoms. The first-order valence-electron chi connectivity index (χ1n) is 8.70. The van der Waals surface area contributed by atoms with Gasteiger partial charge < -0.3 is 15.4 Å². The van der Waals surface area contributed by atoms with E-state index in [1.165, 1.54) is 30.3 Å². The third-order valence-electron chi connectivity index (χ3n) is 3.92. The van der Waals surface area contributed by atoms with Crippen molar-refractivity contribution in [2.24, 2.45) is 4.99 Å². The molecule has 2 N–H and O–H groups in total. The van der Waals surface area contributed by atoms with Crippen molar-refractivity contribution in [1.82, 2.24) is 15.6 Å². The average molecular weight is 510 g/mol. The molecule has 0 saturated carbocycles. The number of nitrogens with zero attached hydrogens (tertiary/aromatic N) is 2. The maximum absolute atomic E-state index is 13.7. The molecule has 5 nitrogen and oxygen atoms in total. The zero-order valence-corrected chi connectivity index (χ0v) is 18.1. The Morgan fingerprint density at radius 3 is 2.34 bits per heavy atom. The van der Waals surface area contributed by atoms with Gasteiger partial charge in [-0.05, 0) is 35.9 Å². The monoisotopic (exact) mass is 510 g/mol. The predicted molar refractivity (Wildman–Crippen MR) is 120 cm³/mol. The Morgan fingerprint density at radius 2 is 1.69 bits per heavy atom. The van der Waals surface area contributed by atoms with Crippen LogP contribution in [-0.4, -0.2) is 18.0 Å². The van der Waals surface area contributed by atoms with Crippen LogP contribution in [0, 0.1) is 11.6 Å². The van der Waals surface area contributed by atoms with Crippen LogP contribution < -0.4 is 15.4 Å². The molecule has 0 saturated heterocycles. The van der Waals surface area contributed by atoms with Crippen molar-refractivity contribution in [1.29, 1.82) is 0 Å². The minimum atomic E-state index is -0.321. The zero-order chi connectivity index (χ0) is 19.8. The summed E-state index contributed by atoms with van der Waals surface area (Å²) >= 11 is 0. The van der Waals surface area contributed by atoms with Crippen molar-refractivity contribution >= 4 is 29.9 Å². The van der Waals surface area contributed by atoms with Gasteiger partial charge in [0.15, 0.2) is 5.96 Å². The Balaban J connectivity index is 0.00000300. The third-order valence-corrected chi connectivity index (χ3v) is 3.92. The zero-order valence-electron chi connectivity index (χ0n) is 15.7. The minimum absolute atomic E-state index is 0. The number of halogens is 3. The fraction of sp³-hybridized carbons (Fsp3) is 0.143. The van der Waals surface area contributed by atoms with Gasteiger partial charge in [0.25, 0.3) is 0 Å². The average Bonchev–Trinajstić information content (AvgIpc) is 2.72. The summed E-state index contributed by atoms with van der Waals surface area (Å²) in [5.41, 5.74) is 1.48. The second-order valence-electron chi connectivity index (χ2n) is 5.93. The maximum atomic E-state index is 13.7. The Labute approximate surface area is 185 Å². The molecule has 0 aliphatic carbocycles. The first kappa shape index (κ1) is 22.5. The molecule has 0 bridgehead atoms. The van der Waals surface area contributed by atoms with Crippen LogP contribution in [0.4, 0.5) is 8.78 Å². The second-order valence-corrected chi connectivity index (χ2v) is 5.93. The lowest BCUT2D eigenvalue weighted by molar-refractivity contribution is 0.461. The van der Waals surface area contributed by atoms with E-state index in [1.807, 2.05) is 6.07 Å². The van der Waals surface area contributed by atoms with Gasteiger partial charge in [-0.1, -0.05) is 24.3 Å². The molecule has 0 aliphatic heterocycles. The molecule has 1 heterocycles. The molecular weight excluding hydrogens is 489 g/mol. The molecule has 0 radical (unpaired) electrons. The van der Waals surface area contributed by atoms with Gasteiger partial charge in [-0.15, -0.1) is 24.0 Å². The number of hydrogen-bond acceptors (Lipinski definition) is 3. The highest BCUT2D eigenvalue weighted by atomic mass is 127. The SMILES string of the molecule is CN=C(NCc1ccc(Oc2ccc(F)cc2)nc1)NCc1ccccc1F.I. The molecule has 3 aromatic rings. The van der Waals surface area contributed by atoms with Crippen molar-refractivity contribution < 1.29 is 13.5 Å². The Morgan fingerprint density at radius 1 is 0.966 bits per heavy atom.